The van der Waals surface area contributed by atoms with Gasteiger partial charge < -0.3 is 5.11 Å². The fraction of sp³-hybridized carbons (Fsp3) is 0.345. The molecule has 0 bridgehead atoms. The molecule has 3 aromatic carbocycles. The van der Waals surface area contributed by atoms with E-state index in [0.29, 0.717) is 41.7 Å². The second kappa shape index (κ2) is 15.0. The van der Waals surface area contributed by atoms with Gasteiger partial charge in [0.05, 0.1) is 9.92 Å². The van der Waals surface area contributed by atoms with Crippen LogP contribution in [0, 0.1) is 25.5 Å². The van der Waals surface area contributed by atoms with E-state index in [1.807, 2.05) is 6.07 Å². The number of fused-ring (bicyclic) bond motifs is 1. The number of carboxylic acids is 1. The Hall–Kier alpha value is -2.81. The van der Waals surface area contributed by atoms with Gasteiger partial charge in [-0.05, 0) is 92.2 Å². The van der Waals surface area contributed by atoms with E-state index in [2.05, 4.69) is 14.3 Å². The van der Waals surface area contributed by atoms with E-state index >= 15 is 0 Å². The van der Waals surface area contributed by atoms with Crippen LogP contribution < -0.4 is 9.44 Å². The molecular weight excluding hydrogens is 659 g/mol. The highest BCUT2D eigenvalue weighted by Gasteiger charge is 2.23. The summed E-state index contributed by atoms with van der Waals surface area (Å²) in [6.45, 7) is 6.97. The fourth-order valence-corrected chi connectivity index (χ4v) is 7.54. The highest BCUT2D eigenvalue weighted by Crippen LogP contribution is 2.28. The number of aliphatic carboxylic acids is 1. The topological polar surface area (TPSA) is 133 Å². The summed E-state index contributed by atoms with van der Waals surface area (Å²) in [6.07, 6.45) is 2.17. The lowest BCUT2D eigenvalue weighted by Gasteiger charge is -2.29. The zero-order chi connectivity index (χ0) is 32.8. The summed E-state index contributed by atoms with van der Waals surface area (Å²) in [6, 6.07) is 9.53. The zero-order valence-electron chi connectivity index (χ0n) is 24.3. The highest BCUT2D eigenvalue weighted by atomic mass is 35.5. The molecule has 240 valence electrons. The van der Waals surface area contributed by atoms with Gasteiger partial charge in [0, 0.05) is 43.3 Å². The van der Waals surface area contributed by atoms with Crippen molar-refractivity contribution in [3.63, 3.8) is 0 Å². The van der Waals surface area contributed by atoms with Crippen LogP contribution in [0.3, 0.4) is 0 Å². The van der Waals surface area contributed by atoms with Crippen molar-refractivity contribution in [2.45, 2.75) is 56.4 Å². The third kappa shape index (κ3) is 9.59. The molecule has 3 N–H and O–H groups in total. The number of aryl methyl sites for hydroxylation is 2. The van der Waals surface area contributed by atoms with Gasteiger partial charge in [-0.1, -0.05) is 29.3 Å². The van der Waals surface area contributed by atoms with Crippen LogP contribution in [0.25, 0.3) is 0 Å². The molecule has 0 radical (unpaired) electrons. The van der Waals surface area contributed by atoms with Crippen LogP contribution in [0.4, 0.5) is 14.5 Å². The minimum Gasteiger partial charge on any atom is -0.481 e. The molecule has 0 fully saturated rings. The minimum atomic E-state index is -4.34. The molecule has 3 aromatic rings. The van der Waals surface area contributed by atoms with Gasteiger partial charge in [-0.2, -0.15) is 0 Å². The minimum absolute atomic E-state index is 0.221. The van der Waals surface area contributed by atoms with Crippen LogP contribution in [0.15, 0.2) is 52.3 Å². The molecule has 1 aliphatic rings. The fourth-order valence-electron chi connectivity index (χ4n) is 4.58. The Kier molecular flexibility index (Phi) is 12.1. The monoisotopic (exact) mass is 691 g/mol. The van der Waals surface area contributed by atoms with Crippen LogP contribution in [-0.4, -0.2) is 52.4 Å². The van der Waals surface area contributed by atoms with E-state index in [1.54, 1.807) is 38.1 Å². The number of sulfonamides is 2. The Labute approximate surface area is 266 Å². The van der Waals surface area contributed by atoms with Crippen LogP contribution >= 0.6 is 23.2 Å². The molecule has 0 amide bonds. The summed E-state index contributed by atoms with van der Waals surface area (Å²) in [4.78, 5) is 10.7. The average Bonchev–Trinajstić information content (AvgIpc) is 2.91. The summed E-state index contributed by atoms with van der Waals surface area (Å²) in [7, 11) is -7.99. The molecule has 0 unspecified atom stereocenters. The number of anilines is 1. The van der Waals surface area contributed by atoms with Gasteiger partial charge in [0.15, 0.2) is 0 Å². The van der Waals surface area contributed by atoms with Crippen molar-refractivity contribution >= 4 is 54.9 Å². The number of halogens is 4. The van der Waals surface area contributed by atoms with Crippen molar-refractivity contribution in [3.05, 3.63) is 86.4 Å². The average molecular weight is 693 g/mol. The van der Waals surface area contributed by atoms with E-state index in [1.165, 1.54) is 0 Å². The number of rotatable bonds is 10. The zero-order valence-corrected chi connectivity index (χ0v) is 27.4. The molecule has 0 aromatic heterocycles. The SMILES string of the molecule is CC(=O)O.Cc1cc(S(=O)(=O)NCCCCN2CCc3ccc(NS(=O)(=O)c4cc(Cl)c(F)cc4F)cc3C2)c(C)cc1Cl. The molecular formula is C29H33Cl2F2N3O6S2. The van der Waals surface area contributed by atoms with Gasteiger partial charge in [-0.15, -0.1) is 0 Å². The Morgan fingerprint density at radius 2 is 1.57 bits per heavy atom. The molecule has 0 aliphatic carbocycles. The van der Waals surface area contributed by atoms with Gasteiger partial charge >= 0.3 is 0 Å². The molecule has 0 spiro atoms. The third-order valence-corrected chi connectivity index (χ3v) is 10.4. The van der Waals surface area contributed by atoms with Gasteiger partial charge in [0.25, 0.3) is 16.0 Å². The normalized spacial score (nSPS) is 13.5. The molecule has 0 saturated carbocycles. The van der Waals surface area contributed by atoms with Gasteiger partial charge in [-0.3, -0.25) is 14.4 Å². The summed E-state index contributed by atoms with van der Waals surface area (Å²) in [5, 5.41) is 7.45. The lowest BCUT2D eigenvalue weighted by molar-refractivity contribution is -0.134. The lowest BCUT2D eigenvalue weighted by Crippen LogP contribution is -2.32. The maximum absolute atomic E-state index is 14.2. The van der Waals surface area contributed by atoms with Crippen LogP contribution in [0.2, 0.25) is 10.0 Å². The number of nitrogens with zero attached hydrogens (tertiary/aromatic N) is 1. The first-order valence-corrected chi connectivity index (χ1v) is 17.2. The molecule has 15 heteroatoms. The van der Waals surface area contributed by atoms with Crippen molar-refractivity contribution in [3.8, 4) is 0 Å². The molecule has 44 heavy (non-hydrogen) atoms. The Balaban J connectivity index is 0.00000124. The predicted molar refractivity (Wildman–Crippen MR) is 166 cm³/mol. The quantitative estimate of drug-likeness (QED) is 0.178. The van der Waals surface area contributed by atoms with Crippen LogP contribution in [0.5, 0.6) is 0 Å². The summed E-state index contributed by atoms with van der Waals surface area (Å²) < 4.78 is 83.6. The van der Waals surface area contributed by atoms with Gasteiger partial charge in [-0.25, -0.2) is 30.3 Å². The number of hydrogen-bond acceptors (Lipinski definition) is 6. The largest absolute Gasteiger partial charge is 0.481 e. The first-order valence-electron chi connectivity index (χ1n) is 13.5. The number of nitrogens with one attached hydrogen (secondary N) is 2. The van der Waals surface area contributed by atoms with E-state index in [9.17, 15) is 25.6 Å². The van der Waals surface area contributed by atoms with Crippen molar-refractivity contribution in [2.75, 3.05) is 24.4 Å². The Bertz CT molecular complexity index is 1750. The van der Waals surface area contributed by atoms with Gasteiger partial charge in [0.1, 0.15) is 16.5 Å². The molecule has 1 aliphatic heterocycles. The number of benzene rings is 3. The number of carbonyl (C=O) groups is 1. The smallest absolute Gasteiger partial charge is 0.300 e. The second-order valence-electron chi connectivity index (χ2n) is 10.3. The number of carboxylic acid groups (broad SMARTS) is 1. The second-order valence-corrected chi connectivity index (χ2v) is 14.5. The lowest BCUT2D eigenvalue weighted by atomic mass is 9.99. The Morgan fingerprint density at radius 1 is 0.886 bits per heavy atom. The molecule has 1 heterocycles. The van der Waals surface area contributed by atoms with E-state index in [0.717, 1.165) is 50.0 Å². The van der Waals surface area contributed by atoms with Crippen LogP contribution in [0.1, 0.15) is 42.0 Å². The van der Waals surface area contributed by atoms with Crippen molar-refractivity contribution in [2.24, 2.45) is 0 Å². The van der Waals surface area contributed by atoms with E-state index < -0.39 is 47.6 Å². The Morgan fingerprint density at radius 3 is 2.25 bits per heavy atom. The van der Waals surface area contributed by atoms with Crippen molar-refractivity contribution in [1.29, 1.82) is 0 Å². The van der Waals surface area contributed by atoms with Gasteiger partial charge in [0.2, 0.25) is 10.0 Å². The van der Waals surface area contributed by atoms with Crippen LogP contribution in [-0.2, 0) is 37.8 Å². The number of unbranched alkanes of at least 4 members (excludes halogenated alkanes) is 1. The van der Waals surface area contributed by atoms with Crippen molar-refractivity contribution < 1.29 is 35.5 Å². The van der Waals surface area contributed by atoms with Crippen molar-refractivity contribution in [1.82, 2.24) is 9.62 Å². The maximum atomic E-state index is 14.2. The molecule has 0 atom stereocenters. The first-order chi connectivity index (χ1) is 20.5. The predicted octanol–water partition coefficient (Wildman–Crippen LogP) is 5.90. The number of hydrogen-bond donors (Lipinski definition) is 3. The summed E-state index contributed by atoms with van der Waals surface area (Å²) in [5.74, 6) is -3.12. The van der Waals surface area contributed by atoms with E-state index in [4.69, 9.17) is 33.1 Å². The molecule has 4 rings (SSSR count). The van der Waals surface area contributed by atoms with E-state index in [-0.39, 0.29) is 10.6 Å². The summed E-state index contributed by atoms with van der Waals surface area (Å²) >= 11 is 11.7. The first kappa shape index (κ1) is 35.7. The highest BCUT2D eigenvalue weighted by molar-refractivity contribution is 7.92. The summed E-state index contributed by atoms with van der Waals surface area (Å²) in [5.41, 5.74) is 3.54. The third-order valence-electron chi connectivity index (χ3n) is 6.75. The molecule has 0 saturated heterocycles. The maximum Gasteiger partial charge on any atom is 0.300 e. The standard InChI is InChI=1S/C27H29Cl2F2N3O4S2.C2H4O2/c1-17-12-26(18(2)11-22(17)28)39(35,36)32-8-3-4-9-34-10-7-19-5-6-21(13-20(19)16-34)33-40(37,38)27-14-23(29)24(30)15-25(27)31;1-2(3)4/h5-6,11-15,32-33H,3-4,7-10,16H2,1-2H3;1H3,(H,3,4). The molecule has 9 nitrogen and oxygen atoms in total.